The molecule has 0 spiro atoms. The molecule has 0 aromatic heterocycles. The molecule has 1 aromatic carbocycles. The summed E-state index contributed by atoms with van der Waals surface area (Å²) < 4.78 is 0. The number of benzene rings is 1. The van der Waals surface area contributed by atoms with Gasteiger partial charge in [-0.2, -0.15) is 0 Å². The molecule has 6 nitrogen and oxygen atoms in total. The number of rotatable bonds is 10. The molecule has 1 aromatic rings. The predicted molar refractivity (Wildman–Crippen MR) is 129 cm³/mol. The fraction of sp³-hybridized carbons (Fsp3) is 0.619. The molecule has 0 saturated heterocycles. The zero-order valence-electron chi connectivity index (χ0n) is 18.2. The summed E-state index contributed by atoms with van der Waals surface area (Å²) in [5.41, 5.74) is 1.14. The number of amides is 1. The number of aliphatic imine (C=N–C) groups is 1. The summed E-state index contributed by atoms with van der Waals surface area (Å²) in [5, 5.41) is 6.50. The largest absolute Gasteiger partial charge is 0.356 e. The molecule has 0 atom stereocenters. The Hall–Kier alpha value is -1.35. The average molecular weight is 503 g/mol. The van der Waals surface area contributed by atoms with Gasteiger partial charge in [0, 0.05) is 39.3 Å². The normalized spacial score (nSPS) is 11.5. The molecule has 0 aliphatic carbocycles. The van der Waals surface area contributed by atoms with Crippen molar-refractivity contribution in [3.63, 3.8) is 0 Å². The molecule has 0 aliphatic rings. The fourth-order valence-corrected chi connectivity index (χ4v) is 2.83. The van der Waals surface area contributed by atoms with Crippen LogP contribution in [0.2, 0.25) is 0 Å². The molecule has 0 fully saturated rings. The minimum Gasteiger partial charge on any atom is -0.356 e. The maximum atomic E-state index is 11.9. The van der Waals surface area contributed by atoms with Crippen LogP contribution >= 0.6 is 24.0 Å². The molecule has 0 radical (unpaired) electrons. The number of hydrogen-bond donors (Lipinski definition) is 2. The van der Waals surface area contributed by atoms with E-state index in [0.29, 0.717) is 24.6 Å². The van der Waals surface area contributed by atoms with Gasteiger partial charge in [0.15, 0.2) is 5.96 Å². The first-order valence-corrected chi connectivity index (χ1v) is 9.83. The minimum atomic E-state index is 0. The second kappa shape index (κ2) is 14.6. The van der Waals surface area contributed by atoms with E-state index in [1.54, 1.807) is 19.0 Å². The molecule has 28 heavy (non-hydrogen) atoms. The van der Waals surface area contributed by atoms with Gasteiger partial charge < -0.3 is 15.5 Å². The summed E-state index contributed by atoms with van der Waals surface area (Å²) in [5.74, 6) is 0.699. The van der Waals surface area contributed by atoms with Crippen LogP contribution < -0.4 is 10.6 Å². The van der Waals surface area contributed by atoms with E-state index >= 15 is 0 Å². The van der Waals surface area contributed by atoms with E-state index in [-0.39, 0.29) is 36.4 Å². The Bertz CT molecular complexity index is 567. The topological polar surface area (TPSA) is 60.0 Å². The lowest BCUT2D eigenvalue weighted by Gasteiger charge is -2.30. The van der Waals surface area contributed by atoms with E-state index in [4.69, 9.17) is 0 Å². The van der Waals surface area contributed by atoms with Crippen molar-refractivity contribution in [2.75, 3.05) is 33.7 Å². The predicted octanol–water partition coefficient (Wildman–Crippen LogP) is 2.94. The number of halogens is 1. The zero-order valence-corrected chi connectivity index (χ0v) is 20.6. The van der Waals surface area contributed by atoms with Crippen LogP contribution in [0, 0.1) is 0 Å². The highest BCUT2D eigenvalue weighted by molar-refractivity contribution is 14.0. The summed E-state index contributed by atoms with van der Waals surface area (Å²) >= 11 is 0. The molecular weight excluding hydrogens is 465 g/mol. The Morgan fingerprint density at radius 1 is 1.04 bits per heavy atom. The van der Waals surface area contributed by atoms with Crippen LogP contribution in [0.5, 0.6) is 0 Å². The van der Waals surface area contributed by atoms with Crippen LogP contribution in [0.4, 0.5) is 0 Å². The maximum Gasteiger partial charge on any atom is 0.241 e. The van der Waals surface area contributed by atoms with Crippen molar-refractivity contribution in [1.29, 1.82) is 0 Å². The van der Waals surface area contributed by atoms with Crippen molar-refractivity contribution in [2.45, 2.75) is 52.7 Å². The highest BCUT2D eigenvalue weighted by Crippen LogP contribution is 2.05. The Morgan fingerprint density at radius 3 is 2.18 bits per heavy atom. The summed E-state index contributed by atoms with van der Waals surface area (Å²) in [7, 11) is 3.51. The van der Waals surface area contributed by atoms with Gasteiger partial charge in [-0.3, -0.25) is 9.69 Å². The van der Waals surface area contributed by atoms with E-state index in [1.165, 1.54) is 0 Å². The molecule has 0 aliphatic heterocycles. The third kappa shape index (κ3) is 10.8. The van der Waals surface area contributed by atoms with E-state index in [1.807, 2.05) is 18.2 Å². The Labute approximate surface area is 188 Å². The number of nitrogens with zero attached hydrogens (tertiary/aromatic N) is 3. The van der Waals surface area contributed by atoms with Crippen LogP contribution in [0.25, 0.3) is 0 Å². The lowest BCUT2D eigenvalue weighted by Crippen LogP contribution is -2.44. The fourth-order valence-electron chi connectivity index (χ4n) is 2.83. The van der Waals surface area contributed by atoms with E-state index in [9.17, 15) is 4.79 Å². The number of hydrogen-bond acceptors (Lipinski definition) is 3. The number of nitrogens with one attached hydrogen (secondary N) is 2. The molecule has 1 rings (SSSR count). The van der Waals surface area contributed by atoms with Crippen molar-refractivity contribution >= 4 is 35.8 Å². The van der Waals surface area contributed by atoms with Crippen molar-refractivity contribution < 1.29 is 4.79 Å². The van der Waals surface area contributed by atoms with Gasteiger partial charge >= 0.3 is 0 Å². The van der Waals surface area contributed by atoms with E-state index < -0.39 is 0 Å². The van der Waals surface area contributed by atoms with Crippen LogP contribution in [-0.2, 0) is 11.3 Å². The summed E-state index contributed by atoms with van der Waals surface area (Å²) in [6.45, 7) is 11.6. The van der Waals surface area contributed by atoms with Crippen molar-refractivity contribution in [3.05, 3.63) is 35.9 Å². The van der Waals surface area contributed by atoms with E-state index in [0.717, 1.165) is 25.1 Å². The van der Waals surface area contributed by atoms with Gasteiger partial charge in [0.25, 0.3) is 0 Å². The first kappa shape index (κ1) is 26.6. The Morgan fingerprint density at radius 2 is 1.64 bits per heavy atom. The number of carbonyl (C=O) groups is 1. The first-order valence-electron chi connectivity index (χ1n) is 9.83. The Balaban J connectivity index is 0.00000729. The van der Waals surface area contributed by atoms with Gasteiger partial charge in [-0.1, -0.05) is 30.3 Å². The number of guanidine groups is 1. The molecule has 160 valence electrons. The van der Waals surface area contributed by atoms with Gasteiger partial charge in [0.2, 0.25) is 5.91 Å². The van der Waals surface area contributed by atoms with Gasteiger partial charge in [0.1, 0.15) is 0 Å². The zero-order chi connectivity index (χ0) is 20.2. The quantitative estimate of drug-likeness (QED) is 0.223. The average Bonchev–Trinajstić information content (AvgIpc) is 2.62. The van der Waals surface area contributed by atoms with Crippen molar-refractivity contribution in [3.8, 4) is 0 Å². The first-order chi connectivity index (χ1) is 12.8. The lowest BCUT2D eigenvalue weighted by molar-refractivity contribution is -0.127. The second-order valence-corrected chi connectivity index (χ2v) is 7.50. The van der Waals surface area contributed by atoms with Crippen LogP contribution in [0.15, 0.2) is 35.3 Å². The van der Waals surface area contributed by atoms with Crippen LogP contribution in [-0.4, -0.2) is 67.5 Å². The third-order valence-electron chi connectivity index (χ3n) is 4.38. The highest BCUT2D eigenvalue weighted by Gasteiger charge is 2.12. The van der Waals surface area contributed by atoms with Crippen molar-refractivity contribution in [1.82, 2.24) is 20.4 Å². The summed E-state index contributed by atoms with van der Waals surface area (Å²) in [6.07, 6.45) is 1.02. The van der Waals surface area contributed by atoms with Gasteiger partial charge in [0.05, 0.1) is 13.1 Å². The third-order valence-corrected chi connectivity index (χ3v) is 4.38. The monoisotopic (exact) mass is 503 g/mol. The second-order valence-electron chi connectivity index (χ2n) is 7.50. The van der Waals surface area contributed by atoms with Gasteiger partial charge in [-0.05, 0) is 39.7 Å². The molecule has 0 heterocycles. The number of likely N-dealkylation sites (N-methyl/N-ethyl adjacent to an activating group) is 1. The molecule has 0 saturated carbocycles. The highest BCUT2D eigenvalue weighted by atomic mass is 127. The molecular formula is C21H38IN5O. The Kier molecular flexibility index (Phi) is 13.9. The lowest BCUT2D eigenvalue weighted by atomic mass is 10.2. The standard InChI is InChI=1S/C21H37N5O.HI/c1-17(2)26(18(3)4)14-10-13-22-21(24-16-20(27)25(5)6)23-15-19-11-8-7-9-12-19;/h7-9,11-12,17-18H,10,13-16H2,1-6H3,(H2,22,23,24);1H. The van der Waals surface area contributed by atoms with Gasteiger partial charge in [-0.15, -0.1) is 24.0 Å². The summed E-state index contributed by atoms with van der Waals surface area (Å²) in [4.78, 5) is 20.5. The smallest absolute Gasteiger partial charge is 0.241 e. The molecule has 0 unspecified atom stereocenters. The van der Waals surface area contributed by atoms with Crippen LogP contribution in [0.3, 0.4) is 0 Å². The van der Waals surface area contributed by atoms with Gasteiger partial charge in [-0.25, -0.2) is 4.99 Å². The molecule has 7 heteroatoms. The minimum absolute atomic E-state index is 0. The molecule has 1 amide bonds. The van der Waals surface area contributed by atoms with E-state index in [2.05, 4.69) is 60.4 Å². The number of carbonyl (C=O) groups excluding carboxylic acids is 1. The molecule has 2 N–H and O–H groups in total. The SMILES string of the molecule is CC(C)N(CCCNC(=NCc1ccccc1)NCC(=O)N(C)C)C(C)C.I. The molecule has 0 bridgehead atoms. The van der Waals surface area contributed by atoms with Crippen LogP contribution in [0.1, 0.15) is 39.7 Å². The maximum absolute atomic E-state index is 11.9. The summed E-state index contributed by atoms with van der Waals surface area (Å²) in [6, 6.07) is 11.2. The van der Waals surface area contributed by atoms with Crippen molar-refractivity contribution in [2.24, 2.45) is 4.99 Å².